The zero-order valence-corrected chi connectivity index (χ0v) is 34.6. The Bertz CT molecular complexity index is 3590. The van der Waals surface area contributed by atoms with Crippen molar-refractivity contribution in [2.24, 2.45) is 0 Å². The molecule has 2 aromatic heterocycles. The van der Waals surface area contributed by atoms with E-state index in [2.05, 4.69) is 224 Å². The van der Waals surface area contributed by atoms with Crippen molar-refractivity contribution in [2.75, 3.05) is 5.32 Å². The Kier molecular flexibility index (Phi) is 7.48. The van der Waals surface area contributed by atoms with Gasteiger partial charge >= 0.3 is 0 Å². The molecule has 2 aliphatic rings. The van der Waals surface area contributed by atoms with Gasteiger partial charge in [0.1, 0.15) is 5.58 Å². The average molecular weight is 795 g/mol. The van der Waals surface area contributed by atoms with Gasteiger partial charge in [-0.05, 0) is 91.5 Å². The van der Waals surface area contributed by atoms with Gasteiger partial charge in [0.05, 0.1) is 22.8 Å². The van der Waals surface area contributed by atoms with E-state index in [1.165, 1.54) is 77.6 Å². The van der Waals surface area contributed by atoms with Gasteiger partial charge in [-0.25, -0.2) is 0 Å². The first-order valence-corrected chi connectivity index (χ1v) is 21.8. The third-order valence-electron chi connectivity index (χ3n) is 13.9. The molecule has 3 heterocycles. The Balaban J connectivity index is 1.09. The highest BCUT2D eigenvalue weighted by Crippen LogP contribution is 2.55. The number of benzene rings is 9. The lowest BCUT2D eigenvalue weighted by Gasteiger charge is -2.24. The highest BCUT2D eigenvalue weighted by Gasteiger charge is 2.40. The van der Waals surface area contributed by atoms with Crippen molar-refractivity contribution in [3.63, 3.8) is 0 Å². The minimum Gasteiger partial charge on any atom is -0.454 e. The van der Waals surface area contributed by atoms with Crippen LogP contribution in [-0.2, 0) is 5.41 Å². The van der Waals surface area contributed by atoms with Crippen LogP contribution in [-0.4, -0.2) is 4.57 Å². The highest BCUT2D eigenvalue weighted by atomic mass is 16.3. The predicted octanol–water partition coefficient (Wildman–Crippen LogP) is 15.6. The van der Waals surface area contributed by atoms with Crippen LogP contribution in [0.5, 0.6) is 0 Å². The summed E-state index contributed by atoms with van der Waals surface area (Å²) < 4.78 is 9.85. The highest BCUT2D eigenvalue weighted by molar-refractivity contribution is 6.16. The number of aromatic nitrogens is 1. The molecule has 0 radical (unpaired) electrons. The van der Waals surface area contributed by atoms with Crippen LogP contribution < -0.4 is 5.32 Å². The van der Waals surface area contributed by atoms with E-state index < -0.39 is 0 Å². The van der Waals surface area contributed by atoms with Crippen molar-refractivity contribution < 1.29 is 4.42 Å². The van der Waals surface area contributed by atoms with Crippen LogP contribution in [0.1, 0.15) is 53.6 Å². The third kappa shape index (κ3) is 5.00. The molecule has 1 unspecified atom stereocenters. The molecule has 1 N–H and O–H groups in total. The van der Waals surface area contributed by atoms with Gasteiger partial charge in [-0.2, -0.15) is 0 Å². The molecule has 0 saturated carbocycles. The fraction of sp³-hybridized carbons (Fsp3) is 0.0847. The normalized spacial score (nSPS) is 16.2. The molecule has 1 aliphatic heterocycles. The number of hydrogen-bond acceptors (Lipinski definition) is 2. The lowest BCUT2D eigenvalue weighted by molar-refractivity contribution is 0.659. The van der Waals surface area contributed by atoms with Crippen LogP contribution in [0.3, 0.4) is 0 Å². The molecule has 3 heteroatoms. The molecule has 62 heavy (non-hydrogen) atoms. The first-order chi connectivity index (χ1) is 30.5. The summed E-state index contributed by atoms with van der Waals surface area (Å²) in [5.41, 5.74) is 20.1. The lowest BCUT2D eigenvalue weighted by Crippen LogP contribution is -2.16. The van der Waals surface area contributed by atoms with Crippen LogP contribution >= 0.6 is 0 Å². The Labute approximate surface area is 360 Å². The largest absolute Gasteiger partial charge is 0.454 e. The molecular formula is C59H42N2O. The van der Waals surface area contributed by atoms with Crippen LogP contribution in [0.2, 0.25) is 0 Å². The summed E-state index contributed by atoms with van der Waals surface area (Å²) in [6, 6.07) is 73.3. The van der Waals surface area contributed by atoms with Crippen molar-refractivity contribution in [3.8, 4) is 39.1 Å². The molecule has 294 valence electrons. The Hall–Kier alpha value is -7.62. The minimum absolute atomic E-state index is 0.0565. The second kappa shape index (κ2) is 13.2. The molecule has 0 saturated heterocycles. The van der Waals surface area contributed by atoms with E-state index in [1.54, 1.807) is 0 Å². The molecular weight excluding hydrogens is 753 g/mol. The summed E-state index contributed by atoms with van der Waals surface area (Å²) in [5.74, 6) is 0.0565. The topological polar surface area (TPSA) is 30.1 Å². The first kappa shape index (κ1) is 35.2. The number of nitrogens with one attached hydrogen (secondary N) is 1. The Morgan fingerprint density at radius 3 is 2.06 bits per heavy atom. The molecule has 1 aliphatic carbocycles. The summed E-state index contributed by atoms with van der Waals surface area (Å²) >= 11 is 0. The number of furan rings is 1. The van der Waals surface area contributed by atoms with Crippen molar-refractivity contribution in [3.05, 3.63) is 228 Å². The van der Waals surface area contributed by atoms with Gasteiger partial charge in [-0.3, -0.25) is 0 Å². The molecule has 0 spiro atoms. The van der Waals surface area contributed by atoms with Crippen molar-refractivity contribution in [1.29, 1.82) is 0 Å². The Morgan fingerprint density at radius 2 is 1.21 bits per heavy atom. The number of fused-ring (bicyclic) bond motifs is 11. The fourth-order valence-electron chi connectivity index (χ4n) is 11.2. The Morgan fingerprint density at radius 1 is 0.516 bits per heavy atom. The summed E-state index contributed by atoms with van der Waals surface area (Å²) in [5, 5.41) is 8.83. The van der Waals surface area contributed by atoms with Gasteiger partial charge in [0, 0.05) is 38.6 Å². The van der Waals surface area contributed by atoms with E-state index in [0.717, 1.165) is 38.8 Å². The second-order valence-electron chi connectivity index (χ2n) is 17.6. The van der Waals surface area contributed by atoms with E-state index in [1.807, 2.05) is 0 Å². The molecule has 13 rings (SSSR count). The number of para-hydroxylation sites is 3. The lowest BCUT2D eigenvalue weighted by atomic mass is 9.81. The zero-order valence-electron chi connectivity index (χ0n) is 34.6. The van der Waals surface area contributed by atoms with Crippen molar-refractivity contribution in [1.82, 2.24) is 4.57 Å². The standard InChI is InChI=1S/C59H42N2O/c1-59(2)48-27-12-9-23-41(48)43-31-32-44-42-24-11-14-29-50(42)61(57(44)55(43)59)51-30-16-26-46-54-47(34-40(35-52(54)62-58(46)51)37-19-7-4-8-20-37)56-53(45-25-10-13-28-49(45)60-56)39-22-15-21-38(33-39)36-17-5-3-6-18-36/h3-35,53,56,60H,1-2H3/t53-,56?/m0/s1. The van der Waals surface area contributed by atoms with Gasteiger partial charge in [-0.15, -0.1) is 0 Å². The van der Waals surface area contributed by atoms with E-state index in [4.69, 9.17) is 4.42 Å². The summed E-state index contributed by atoms with van der Waals surface area (Å²) in [7, 11) is 0. The monoisotopic (exact) mass is 794 g/mol. The molecule has 2 atom stereocenters. The zero-order chi connectivity index (χ0) is 41.1. The average Bonchev–Trinajstić information content (AvgIpc) is 4.06. The minimum atomic E-state index is -0.201. The van der Waals surface area contributed by atoms with Crippen LogP contribution in [0.15, 0.2) is 205 Å². The maximum atomic E-state index is 7.35. The number of hydrogen-bond donors (Lipinski definition) is 1. The third-order valence-corrected chi connectivity index (χ3v) is 13.9. The molecule has 0 amide bonds. The number of rotatable bonds is 5. The summed E-state index contributed by atoms with van der Waals surface area (Å²) in [6.45, 7) is 4.77. The smallest absolute Gasteiger partial charge is 0.159 e. The van der Waals surface area contributed by atoms with E-state index in [-0.39, 0.29) is 17.4 Å². The van der Waals surface area contributed by atoms with Gasteiger partial charge in [-0.1, -0.05) is 184 Å². The molecule has 3 nitrogen and oxygen atoms in total. The number of nitrogens with zero attached hydrogens (tertiary/aromatic N) is 1. The summed E-state index contributed by atoms with van der Waals surface area (Å²) in [6.07, 6.45) is 0. The SMILES string of the molecule is CC1(C)c2ccccc2-c2ccc3c4ccccc4n(-c4cccc5c4oc4cc(-c6ccccc6)cc(C6Nc7ccccc7[C@@H]6c6cccc(-c7ccccc7)c6)c45)c3c21. The van der Waals surface area contributed by atoms with E-state index in [0.29, 0.717) is 0 Å². The van der Waals surface area contributed by atoms with Gasteiger partial charge < -0.3 is 14.3 Å². The van der Waals surface area contributed by atoms with Gasteiger partial charge in [0.15, 0.2) is 5.58 Å². The second-order valence-corrected chi connectivity index (χ2v) is 17.6. The van der Waals surface area contributed by atoms with Crippen LogP contribution in [0.25, 0.3) is 82.8 Å². The first-order valence-electron chi connectivity index (χ1n) is 21.8. The van der Waals surface area contributed by atoms with Gasteiger partial charge in [0.25, 0.3) is 0 Å². The number of anilines is 1. The van der Waals surface area contributed by atoms with Crippen LogP contribution in [0.4, 0.5) is 5.69 Å². The van der Waals surface area contributed by atoms with Crippen molar-refractivity contribution in [2.45, 2.75) is 31.2 Å². The molecule has 0 fully saturated rings. The van der Waals surface area contributed by atoms with Crippen LogP contribution in [0, 0.1) is 0 Å². The molecule has 11 aromatic rings. The molecule has 0 bridgehead atoms. The van der Waals surface area contributed by atoms with Crippen molar-refractivity contribution >= 4 is 49.4 Å². The predicted molar refractivity (Wildman–Crippen MR) is 258 cm³/mol. The quantitative estimate of drug-likeness (QED) is 0.188. The van der Waals surface area contributed by atoms with Gasteiger partial charge in [0.2, 0.25) is 0 Å². The molecule has 9 aromatic carbocycles. The maximum Gasteiger partial charge on any atom is 0.159 e. The van der Waals surface area contributed by atoms with E-state index >= 15 is 0 Å². The van der Waals surface area contributed by atoms with E-state index in [9.17, 15) is 0 Å². The fourth-order valence-corrected chi connectivity index (χ4v) is 11.2. The maximum absolute atomic E-state index is 7.35. The summed E-state index contributed by atoms with van der Waals surface area (Å²) in [4.78, 5) is 0.